The molecule has 16 heavy (non-hydrogen) atoms. The molecule has 0 aromatic carbocycles. The molecule has 0 radical (unpaired) electrons. The van der Waals surface area contributed by atoms with Crippen LogP contribution in [-0.2, 0) is 9.47 Å². The first-order chi connectivity index (χ1) is 7.57. The lowest BCUT2D eigenvalue weighted by atomic mass is 10.0. The molecule has 0 aliphatic carbocycles. The molecule has 0 aromatic heterocycles. The van der Waals surface area contributed by atoms with Gasteiger partial charge in [-0.15, -0.1) is 0 Å². The van der Waals surface area contributed by atoms with Crippen molar-refractivity contribution in [3.63, 3.8) is 0 Å². The maximum atomic E-state index is 5.44. The van der Waals surface area contributed by atoms with Crippen LogP contribution in [0.2, 0.25) is 0 Å². The van der Waals surface area contributed by atoms with Gasteiger partial charge < -0.3 is 14.8 Å². The van der Waals surface area contributed by atoms with Gasteiger partial charge in [0.05, 0.1) is 13.2 Å². The van der Waals surface area contributed by atoms with E-state index >= 15 is 0 Å². The van der Waals surface area contributed by atoms with E-state index in [0.717, 1.165) is 31.8 Å². The van der Waals surface area contributed by atoms with Gasteiger partial charge in [0.25, 0.3) is 0 Å². The highest BCUT2D eigenvalue weighted by atomic mass is 16.5. The molecule has 0 aliphatic heterocycles. The summed E-state index contributed by atoms with van der Waals surface area (Å²) in [5, 5.41) is 3.49. The zero-order valence-electron chi connectivity index (χ0n) is 11.2. The second kappa shape index (κ2) is 9.82. The number of methoxy groups -OCH3 is 1. The Labute approximate surface area is 100 Å². The SMILES string of the molecule is C=C(C)COCCNC(CCOC)C(C)C. The van der Waals surface area contributed by atoms with Crippen LogP contribution in [-0.4, -0.2) is 39.5 Å². The molecule has 0 heterocycles. The van der Waals surface area contributed by atoms with Crippen LogP contribution < -0.4 is 5.32 Å². The Morgan fingerprint density at radius 1 is 1.31 bits per heavy atom. The summed E-state index contributed by atoms with van der Waals surface area (Å²) in [6.45, 7) is 13.3. The van der Waals surface area contributed by atoms with Gasteiger partial charge in [-0.3, -0.25) is 0 Å². The van der Waals surface area contributed by atoms with E-state index in [0.29, 0.717) is 18.6 Å². The minimum Gasteiger partial charge on any atom is -0.385 e. The van der Waals surface area contributed by atoms with Gasteiger partial charge in [0.1, 0.15) is 0 Å². The van der Waals surface area contributed by atoms with Gasteiger partial charge in [-0.2, -0.15) is 0 Å². The largest absolute Gasteiger partial charge is 0.385 e. The molecule has 0 saturated carbocycles. The minimum atomic E-state index is 0.508. The molecule has 0 fully saturated rings. The molecule has 1 unspecified atom stereocenters. The number of rotatable bonds is 10. The molecule has 3 heteroatoms. The molecule has 0 spiro atoms. The zero-order valence-corrected chi connectivity index (χ0v) is 11.2. The van der Waals surface area contributed by atoms with Crippen LogP contribution in [0.15, 0.2) is 12.2 Å². The van der Waals surface area contributed by atoms with E-state index in [1.54, 1.807) is 7.11 Å². The highest BCUT2D eigenvalue weighted by molar-refractivity contribution is 4.87. The third-order valence-corrected chi connectivity index (χ3v) is 2.44. The molecule has 0 saturated heterocycles. The summed E-state index contributed by atoms with van der Waals surface area (Å²) in [6, 6.07) is 0.508. The van der Waals surface area contributed by atoms with Crippen molar-refractivity contribution in [1.29, 1.82) is 0 Å². The van der Waals surface area contributed by atoms with Crippen molar-refractivity contribution in [2.24, 2.45) is 5.92 Å². The summed E-state index contributed by atoms with van der Waals surface area (Å²) in [5.74, 6) is 0.622. The molecule has 3 nitrogen and oxygen atoms in total. The van der Waals surface area contributed by atoms with Crippen LogP contribution in [0.4, 0.5) is 0 Å². The first kappa shape index (κ1) is 15.6. The summed E-state index contributed by atoms with van der Waals surface area (Å²) in [5.41, 5.74) is 1.07. The highest BCUT2D eigenvalue weighted by Crippen LogP contribution is 2.05. The second-order valence-electron chi connectivity index (χ2n) is 4.60. The Morgan fingerprint density at radius 3 is 2.50 bits per heavy atom. The summed E-state index contributed by atoms with van der Waals surface area (Å²) < 4.78 is 10.5. The Morgan fingerprint density at radius 2 is 2.00 bits per heavy atom. The minimum absolute atomic E-state index is 0.508. The van der Waals surface area contributed by atoms with Gasteiger partial charge in [0, 0.05) is 26.3 Å². The smallest absolute Gasteiger partial charge is 0.0672 e. The summed E-state index contributed by atoms with van der Waals surface area (Å²) in [6.07, 6.45) is 1.05. The summed E-state index contributed by atoms with van der Waals surface area (Å²) in [4.78, 5) is 0. The quantitative estimate of drug-likeness (QED) is 0.460. The number of hydrogen-bond acceptors (Lipinski definition) is 3. The van der Waals surface area contributed by atoms with E-state index in [4.69, 9.17) is 9.47 Å². The molecule has 0 aromatic rings. The summed E-state index contributed by atoms with van der Waals surface area (Å²) >= 11 is 0. The molecular formula is C13H27NO2. The molecule has 1 N–H and O–H groups in total. The van der Waals surface area contributed by atoms with Crippen LogP contribution in [0.1, 0.15) is 27.2 Å². The van der Waals surface area contributed by atoms with Crippen LogP contribution in [0.3, 0.4) is 0 Å². The third kappa shape index (κ3) is 8.89. The number of ether oxygens (including phenoxy) is 2. The van der Waals surface area contributed by atoms with E-state index in [2.05, 4.69) is 25.7 Å². The fourth-order valence-electron chi connectivity index (χ4n) is 1.48. The first-order valence-corrected chi connectivity index (χ1v) is 6.02. The van der Waals surface area contributed by atoms with Crippen LogP contribution in [0.5, 0.6) is 0 Å². The van der Waals surface area contributed by atoms with Crippen molar-refractivity contribution in [2.45, 2.75) is 33.2 Å². The van der Waals surface area contributed by atoms with Gasteiger partial charge in [0.15, 0.2) is 0 Å². The van der Waals surface area contributed by atoms with Crippen molar-refractivity contribution in [1.82, 2.24) is 5.32 Å². The van der Waals surface area contributed by atoms with Gasteiger partial charge in [-0.25, -0.2) is 0 Å². The standard InChI is InChI=1S/C13H27NO2/c1-11(2)10-16-9-7-14-13(12(3)4)6-8-15-5/h12-14H,1,6-10H2,2-5H3. The monoisotopic (exact) mass is 229 g/mol. The number of hydrogen-bond donors (Lipinski definition) is 1. The molecule has 1 atom stereocenters. The molecule has 96 valence electrons. The predicted molar refractivity (Wildman–Crippen MR) is 68.8 cm³/mol. The zero-order chi connectivity index (χ0) is 12.4. The Balaban J connectivity index is 3.55. The van der Waals surface area contributed by atoms with Crippen LogP contribution in [0.25, 0.3) is 0 Å². The average Bonchev–Trinajstić information content (AvgIpc) is 2.21. The van der Waals surface area contributed by atoms with Crippen LogP contribution >= 0.6 is 0 Å². The topological polar surface area (TPSA) is 30.5 Å². The van der Waals surface area contributed by atoms with Crippen molar-refractivity contribution in [3.05, 3.63) is 12.2 Å². The lowest BCUT2D eigenvalue weighted by Crippen LogP contribution is -2.37. The van der Waals surface area contributed by atoms with Gasteiger partial charge in [-0.1, -0.05) is 26.0 Å². The van der Waals surface area contributed by atoms with E-state index in [1.165, 1.54) is 0 Å². The normalized spacial score (nSPS) is 13.1. The maximum Gasteiger partial charge on any atom is 0.0672 e. The molecular weight excluding hydrogens is 202 g/mol. The van der Waals surface area contributed by atoms with Gasteiger partial charge >= 0.3 is 0 Å². The van der Waals surface area contributed by atoms with Gasteiger partial charge in [-0.05, 0) is 19.3 Å². The first-order valence-electron chi connectivity index (χ1n) is 6.02. The molecule has 0 bridgehead atoms. The van der Waals surface area contributed by atoms with Crippen molar-refractivity contribution >= 4 is 0 Å². The Hall–Kier alpha value is -0.380. The molecule has 0 rings (SSSR count). The van der Waals surface area contributed by atoms with Crippen molar-refractivity contribution in [3.8, 4) is 0 Å². The highest BCUT2D eigenvalue weighted by Gasteiger charge is 2.11. The lowest BCUT2D eigenvalue weighted by Gasteiger charge is -2.22. The van der Waals surface area contributed by atoms with E-state index in [9.17, 15) is 0 Å². The van der Waals surface area contributed by atoms with Crippen molar-refractivity contribution in [2.75, 3.05) is 33.5 Å². The fourth-order valence-corrected chi connectivity index (χ4v) is 1.48. The Bertz CT molecular complexity index is 181. The predicted octanol–water partition coefficient (Wildman–Crippen LogP) is 2.23. The lowest BCUT2D eigenvalue weighted by molar-refractivity contribution is 0.143. The van der Waals surface area contributed by atoms with Crippen molar-refractivity contribution < 1.29 is 9.47 Å². The van der Waals surface area contributed by atoms with E-state index in [-0.39, 0.29) is 0 Å². The maximum absolute atomic E-state index is 5.44. The summed E-state index contributed by atoms with van der Waals surface area (Å²) in [7, 11) is 1.74. The molecule has 0 amide bonds. The van der Waals surface area contributed by atoms with E-state index < -0.39 is 0 Å². The molecule has 0 aliphatic rings. The fraction of sp³-hybridized carbons (Fsp3) is 0.846. The number of nitrogens with one attached hydrogen (secondary N) is 1. The average molecular weight is 229 g/mol. The second-order valence-corrected chi connectivity index (χ2v) is 4.60. The van der Waals surface area contributed by atoms with E-state index in [1.807, 2.05) is 6.92 Å². The van der Waals surface area contributed by atoms with Gasteiger partial charge in [0.2, 0.25) is 0 Å². The third-order valence-electron chi connectivity index (χ3n) is 2.44. The van der Waals surface area contributed by atoms with Crippen LogP contribution in [0, 0.1) is 5.92 Å². The Kier molecular flexibility index (Phi) is 9.59.